The van der Waals surface area contributed by atoms with Crippen molar-refractivity contribution in [2.45, 2.75) is 0 Å². The quantitative estimate of drug-likeness (QED) is 0.733. The van der Waals surface area contributed by atoms with Crippen LogP contribution in [0.5, 0.6) is 0 Å². The number of nitrogens with one attached hydrogen (secondary N) is 1. The molecule has 7 nitrogen and oxygen atoms in total. The Kier molecular flexibility index (Phi) is 3.81. The van der Waals surface area contributed by atoms with Crippen molar-refractivity contribution in [2.24, 2.45) is 0 Å². The van der Waals surface area contributed by atoms with Gasteiger partial charge in [-0.1, -0.05) is 30.3 Å². The van der Waals surface area contributed by atoms with E-state index < -0.39 is 17.7 Å². The summed E-state index contributed by atoms with van der Waals surface area (Å²) in [6, 6.07) is 17.6. The lowest BCUT2D eigenvalue weighted by atomic mass is 10.1. The molecule has 0 atom stereocenters. The Hall–Kier alpha value is -3.74. The molecule has 0 saturated carbocycles. The highest BCUT2D eigenvalue weighted by Gasteiger charge is 2.36. The average molecular weight is 346 g/mol. The number of hydrogen-bond donors (Lipinski definition) is 1. The van der Waals surface area contributed by atoms with Gasteiger partial charge in [0.05, 0.1) is 16.8 Å². The molecule has 1 aromatic heterocycles. The molecular weight excluding hydrogens is 332 g/mol. The van der Waals surface area contributed by atoms with E-state index in [0.717, 1.165) is 10.6 Å². The molecule has 0 radical (unpaired) electrons. The highest BCUT2D eigenvalue weighted by molar-refractivity contribution is 6.22. The van der Waals surface area contributed by atoms with Crippen LogP contribution in [0, 0.1) is 0 Å². The van der Waals surface area contributed by atoms with Gasteiger partial charge in [-0.3, -0.25) is 19.3 Å². The minimum Gasteiger partial charge on any atom is -0.308 e. The summed E-state index contributed by atoms with van der Waals surface area (Å²) in [5.74, 6) is -1.07. The van der Waals surface area contributed by atoms with Crippen LogP contribution in [-0.2, 0) is 4.79 Å². The molecule has 3 amide bonds. The van der Waals surface area contributed by atoms with Crippen molar-refractivity contribution in [3.05, 3.63) is 78.0 Å². The van der Waals surface area contributed by atoms with Gasteiger partial charge >= 0.3 is 0 Å². The number of carbonyl (C=O) groups is 3. The maximum atomic E-state index is 12.3. The van der Waals surface area contributed by atoms with Gasteiger partial charge in [-0.05, 0) is 24.3 Å². The number of rotatable bonds is 4. The SMILES string of the molecule is O=C(CN1C(=O)c2ccccc2C1=O)Nc1ccn(-c2ccccc2)n1. The Labute approximate surface area is 148 Å². The molecule has 1 aliphatic heterocycles. The molecule has 1 aliphatic rings. The van der Waals surface area contributed by atoms with Crippen LogP contribution in [-0.4, -0.2) is 38.9 Å². The van der Waals surface area contributed by atoms with Crippen molar-refractivity contribution >= 4 is 23.5 Å². The number of para-hydroxylation sites is 1. The average Bonchev–Trinajstić information content (AvgIpc) is 3.22. The molecule has 2 heterocycles. The molecule has 7 heteroatoms. The van der Waals surface area contributed by atoms with Crippen LogP contribution in [0.4, 0.5) is 5.82 Å². The van der Waals surface area contributed by atoms with Crippen LogP contribution in [0.1, 0.15) is 20.7 Å². The summed E-state index contributed by atoms with van der Waals surface area (Å²) >= 11 is 0. The van der Waals surface area contributed by atoms with E-state index >= 15 is 0 Å². The second-order valence-corrected chi connectivity index (χ2v) is 5.77. The lowest BCUT2D eigenvalue weighted by molar-refractivity contribution is -0.116. The van der Waals surface area contributed by atoms with E-state index in [1.807, 2.05) is 30.3 Å². The smallest absolute Gasteiger partial charge is 0.262 e. The Morgan fingerprint density at radius 1 is 0.885 bits per heavy atom. The monoisotopic (exact) mass is 346 g/mol. The van der Waals surface area contributed by atoms with Crippen LogP contribution in [0.25, 0.3) is 5.69 Å². The summed E-state index contributed by atoms with van der Waals surface area (Å²) < 4.78 is 1.62. The van der Waals surface area contributed by atoms with Crippen molar-refractivity contribution in [3.8, 4) is 5.69 Å². The van der Waals surface area contributed by atoms with Gasteiger partial charge in [-0.15, -0.1) is 0 Å². The molecule has 1 N–H and O–H groups in total. The van der Waals surface area contributed by atoms with E-state index in [2.05, 4.69) is 10.4 Å². The fourth-order valence-electron chi connectivity index (χ4n) is 2.82. The van der Waals surface area contributed by atoms with Crippen LogP contribution in [0.2, 0.25) is 0 Å². The molecule has 26 heavy (non-hydrogen) atoms. The Morgan fingerprint density at radius 3 is 2.15 bits per heavy atom. The van der Waals surface area contributed by atoms with Gasteiger partial charge in [0.1, 0.15) is 6.54 Å². The summed E-state index contributed by atoms with van der Waals surface area (Å²) in [6.07, 6.45) is 1.72. The molecule has 128 valence electrons. The molecule has 0 spiro atoms. The number of imide groups is 1. The van der Waals surface area contributed by atoms with Crippen molar-refractivity contribution in [2.75, 3.05) is 11.9 Å². The highest BCUT2D eigenvalue weighted by Crippen LogP contribution is 2.22. The number of amides is 3. The Bertz CT molecular complexity index is 975. The summed E-state index contributed by atoms with van der Waals surface area (Å²) in [5, 5.41) is 6.88. The number of nitrogens with zero attached hydrogens (tertiary/aromatic N) is 3. The van der Waals surface area contributed by atoms with E-state index in [-0.39, 0.29) is 6.54 Å². The van der Waals surface area contributed by atoms with E-state index in [9.17, 15) is 14.4 Å². The van der Waals surface area contributed by atoms with Crippen molar-refractivity contribution < 1.29 is 14.4 Å². The van der Waals surface area contributed by atoms with Gasteiger partial charge in [0.15, 0.2) is 5.82 Å². The fourth-order valence-corrected chi connectivity index (χ4v) is 2.82. The highest BCUT2D eigenvalue weighted by atomic mass is 16.2. The minimum absolute atomic E-state index is 0.318. The predicted molar refractivity (Wildman–Crippen MR) is 94.0 cm³/mol. The predicted octanol–water partition coefficient (Wildman–Crippen LogP) is 2.11. The third kappa shape index (κ3) is 2.75. The molecule has 4 rings (SSSR count). The Balaban J connectivity index is 1.45. The largest absolute Gasteiger partial charge is 0.308 e. The zero-order valence-corrected chi connectivity index (χ0v) is 13.6. The standard InChI is InChI=1S/C19H14N4O3/c24-17(12-22-18(25)14-8-4-5-9-15(14)19(22)26)20-16-10-11-23(21-16)13-6-2-1-3-7-13/h1-11H,12H2,(H,20,21,24). The molecule has 3 aromatic rings. The van der Waals surface area contributed by atoms with Crippen molar-refractivity contribution in [3.63, 3.8) is 0 Å². The number of carbonyl (C=O) groups excluding carboxylic acids is 3. The third-order valence-electron chi connectivity index (χ3n) is 4.06. The summed E-state index contributed by atoms with van der Waals surface area (Å²) in [7, 11) is 0. The van der Waals surface area contributed by atoms with Crippen LogP contribution in [0.3, 0.4) is 0 Å². The van der Waals surface area contributed by atoms with Gasteiger partial charge in [-0.2, -0.15) is 5.10 Å². The number of anilines is 1. The van der Waals surface area contributed by atoms with Crippen molar-refractivity contribution in [1.29, 1.82) is 0 Å². The normalized spacial score (nSPS) is 13.0. The first-order chi connectivity index (χ1) is 12.6. The van der Waals surface area contributed by atoms with Crippen LogP contribution in [0.15, 0.2) is 66.9 Å². The molecule has 2 aromatic carbocycles. The van der Waals surface area contributed by atoms with Gasteiger partial charge < -0.3 is 5.32 Å². The summed E-state index contributed by atoms with van der Waals surface area (Å²) in [5.41, 5.74) is 1.49. The van der Waals surface area contributed by atoms with Gasteiger partial charge in [-0.25, -0.2) is 4.68 Å². The summed E-state index contributed by atoms with van der Waals surface area (Å²) in [6.45, 7) is -0.357. The topological polar surface area (TPSA) is 84.3 Å². The number of benzene rings is 2. The number of fused-ring (bicyclic) bond motifs is 1. The molecule has 0 bridgehead atoms. The maximum absolute atomic E-state index is 12.3. The first-order valence-corrected chi connectivity index (χ1v) is 7.99. The van der Waals surface area contributed by atoms with E-state index in [1.54, 1.807) is 41.2 Å². The number of hydrogen-bond acceptors (Lipinski definition) is 4. The molecule has 0 unspecified atom stereocenters. The Morgan fingerprint density at radius 2 is 1.50 bits per heavy atom. The molecule has 0 fully saturated rings. The molecule has 0 saturated heterocycles. The maximum Gasteiger partial charge on any atom is 0.262 e. The minimum atomic E-state index is -0.488. The van der Waals surface area contributed by atoms with Crippen LogP contribution < -0.4 is 5.32 Å². The summed E-state index contributed by atoms with van der Waals surface area (Å²) in [4.78, 5) is 37.8. The molecule has 0 aliphatic carbocycles. The number of aromatic nitrogens is 2. The second-order valence-electron chi connectivity index (χ2n) is 5.77. The van der Waals surface area contributed by atoms with Crippen molar-refractivity contribution in [1.82, 2.24) is 14.7 Å². The zero-order valence-electron chi connectivity index (χ0n) is 13.6. The second kappa shape index (κ2) is 6.29. The first-order valence-electron chi connectivity index (χ1n) is 7.99. The van der Waals surface area contributed by atoms with Gasteiger partial charge in [0.25, 0.3) is 11.8 Å². The van der Waals surface area contributed by atoms with Gasteiger partial charge in [0, 0.05) is 12.3 Å². The lowest BCUT2D eigenvalue weighted by Crippen LogP contribution is -2.37. The third-order valence-corrected chi connectivity index (χ3v) is 4.06. The van der Waals surface area contributed by atoms with Crippen LogP contribution >= 0.6 is 0 Å². The molecular formula is C19H14N4O3. The fraction of sp³-hybridized carbons (Fsp3) is 0.0526. The van der Waals surface area contributed by atoms with E-state index in [0.29, 0.717) is 16.9 Å². The zero-order chi connectivity index (χ0) is 18.1. The van der Waals surface area contributed by atoms with E-state index in [1.165, 1.54) is 0 Å². The van der Waals surface area contributed by atoms with E-state index in [4.69, 9.17) is 0 Å². The van der Waals surface area contributed by atoms with Gasteiger partial charge in [0.2, 0.25) is 5.91 Å². The lowest BCUT2D eigenvalue weighted by Gasteiger charge is -2.12. The first kappa shape index (κ1) is 15.8.